The van der Waals surface area contributed by atoms with Crippen LogP contribution < -0.4 is 5.32 Å². The second-order valence-electron chi connectivity index (χ2n) is 9.19. The molecule has 2 heterocycles. The Morgan fingerprint density at radius 3 is 2.68 bits per heavy atom. The quantitative estimate of drug-likeness (QED) is 0.176. The fourth-order valence-corrected chi connectivity index (χ4v) is 5.17. The normalized spacial score (nSPS) is 18.5. The third-order valence-corrected chi connectivity index (χ3v) is 7.34. The molecule has 0 bridgehead atoms. The van der Waals surface area contributed by atoms with Crippen LogP contribution >= 0.6 is 11.8 Å². The van der Waals surface area contributed by atoms with Crippen LogP contribution in [0, 0.1) is 0 Å². The van der Waals surface area contributed by atoms with E-state index in [1.54, 1.807) is 47.1 Å². The van der Waals surface area contributed by atoms with Crippen molar-refractivity contribution in [3.63, 3.8) is 0 Å². The molecule has 0 aliphatic carbocycles. The predicted molar refractivity (Wildman–Crippen MR) is 152 cm³/mol. The Labute approximate surface area is 240 Å². The average molecular weight is 576 g/mol. The lowest BCUT2D eigenvalue weighted by molar-refractivity contribution is -0.245. The Kier molecular flexibility index (Phi) is 9.26. The van der Waals surface area contributed by atoms with Crippen molar-refractivity contribution in [3.8, 4) is 11.4 Å². The molecule has 0 unspecified atom stereocenters. The summed E-state index contributed by atoms with van der Waals surface area (Å²) in [5.41, 5.74) is 3.76. The molecule has 1 amide bonds. The number of aromatic nitrogens is 4. The summed E-state index contributed by atoms with van der Waals surface area (Å²) >= 11 is 1.45. The van der Waals surface area contributed by atoms with E-state index < -0.39 is 12.4 Å². The Morgan fingerprint density at radius 2 is 1.93 bits per heavy atom. The first-order valence-electron chi connectivity index (χ1n) is 12.9. The summed E-state index contributed by atoms with van der Waals surface area (Å²) in [6, 6.07) is 21.5. The van der Waals surface area contributed by atoms with E-state index >= 15 is 0 Å². The fourth-order valence-electron chi connectivity index (χ4n) is 4.27. The van der Waals surface area contributed by atoms with Crippen molar-refractivity contribution in [2.75, 3.05) is 17.7 Å². The van der Waals surface area contributed by atoms with Gasteiger partial charge in [0.05, 0.1) is 24.5 Å². The van der Waals surface area contributed by atoms with Crippen molar-refractivity contribution in [2.45, 2.75) is 36.7 Å². The predicted octanol–water partition coefficient (Wildman–Crippen LogP) is 4.93. The largest absolute Gasteiger partial charge is 0.508 e. The Balaban J connectivity index is 1.34. The molecule has 3 atom stereocenters. The lowest BCUT2D eigenvalue weighted by Gasteiger charge is -2.36. The Bertz CT molecular complexity index is 1460. The number of phenols is 1. The molecule has 1 fully saturated rings. The highest BCUT2D eigenvalue weighted by atomic mass is 32.2. The molecule has 12 heteroatoms. The van der Waals surface area contributed by atoms with Crippen molar-refractivity contribution in [2.24, 2.45) is 0 Å². The smallest absolute Gasteiger partial charge is 0.411 e. The van der Waals surface area contributed by atoms with Crippen LogP contribution in [0.15, 0.2) is 90.6 Å². The van der Waals surface area contributed by atoms with Crippen molar-refractivity contribution < 1.29 is 29.2 Å². The van der Waals surface area contributed by atoms with Crippen LogP contribution in [0.2, 0.25) is 0 Å². The topological polar surface area (TPSA) is 141 Å². The number of aliphatic hydroxyl groups excluding tert-OH is 1. The molecule has 0 radical (unpaired) electrons. The summed E-state index contributed by atoms with van der Waals surface area (Å²) < 4.78 is 19.4. The van der Waals surface area contributed by atoms with E-state index in [2.05, 4.69) is 27.4 Å². The molecule has 0 saturated carbocycles. The highest BCUT2D eigenvalue weighted by Crippen LogP contribution is 2.40. The van der Waals surface area contributed by atoms with Gasteiger partial charge in [-0.25, -0.2) is 4.79 Å². The van der Waals surface area contributed by atoms with Crippen LogP contribution in [0.25, 0.3) is 5.69 Å². The van der Waals surface area contributed by atoms with Gasteiger partial charge >= 0.3 is 6.09 Å². The molecule has 212 valence electrons. The van der Waals surface area contributed by atoms with Crippen molar-refractivity contribution in [1.82, 2.24) is 20.2 Å². The first-order valence-corrected chi connectivity index (χ1v) is 13.9. The van der Waals surface area contributed by atoms with Gasteiger partial charge in [-0.1, -0.05) is 60.8 Å². The number of benzene rings is 3. The summed E-state index contributed by atoms with van der Waals surface area (Å²) in [6.45, 7) is 3.61. The molecule has 3 N–H and O–H groups in total. The summed E-state index contributed by atoms with van der Waals surface area (Å²) in [7, 11) is 0. The van der Waals surface area contributed by atoms with Gasteiger partial charge in [-0.15, -0.1) is 5.10 Å². The molecule has 5 rings (SSSR count). The average Bonchev–Trinajstić information content (AvgIpc) is 3.48. The molecule has 0 spiro atoms. The first kappa shape index (κ1) is 28.3. The number of carbonyl (C=O) groups excluding carboxylic acids is 1. The van der Waals surface area contributed by atoms with Gasteiger partial charge in [0, 0.05) is 23.4 Å². The van der Waals surface area contributed by atoms with Gasteiger partial charge in [-0.2, -0.15) is 4.68 Å². The molecule has 1 aliphatic rings. The van der Waals surface area contributed by atoms with Crippen LogP contribution in [0.3, 0.4) is 0 Å². The first-order chi connectivity index (χ1) is 20.0. The number of carbonyl (C=O) groups is 1. The number of nitrogens with zero attached hydrogens (tertiary/aromatic N) is 4. The number of hydrogen-bond acceptors (Lipinski definition) is 10. The van der Waals surface area contributed by atoms with Crippen molar-refractivity contribution in [1.29, 1.82) is 0 Å². The zero-order valence-electron chi connectivity index (χ0n) is 22.0. The molecule has 1 aliphatic heterocycles. The lowest BCUT2D eigenvalue weighted by atomic mass is 10.0. The van der Waals surface area contributed by atoms with Crippen LogP contribution in [0.4, 0.5) is 10.5 Å². The third kappa shape index (κ3) is 7.30. The summed E-state index contributed by atoms with van der Waals surface area (Å²) in [6.07, 6.45) is 0.254. The van der Waals surface area contributed by atoms with Crippen LogP contribution in [-0.4, -0.2) is 55.0 Å². The van der Waals surface area contributed by atoms with Gasteiger partial charge in [0.25, 0.3) is 0 Å². The number of ether oxygens (including phenoxy) is 3. The van der Waals surface area contributed by atoms with Gasteiger partial charge in [-0.3, -0.25) is 5.32 Å². The monoisotopic (exact) mass is 575 g/mol. The molecule has 3 aromatic carbocycles. The second kappa shape index (κ2) is 13.4. The van der Waals surface area contributed by atoms with Crippen LogP contribution in [0.5, 0.6) is 5.75 Å². The van der Waals surface area contributed by atoms with Gasteiger partial charge in [0.2, 0.25) is 5.16 Å². The minimum Gasteiger partial charge on any atom is -0.508 e. The van der Waals surface area contributed by atoms with Crippen LogP contribution in [-0.2, 0) is 20.8 Å². The van der Waals surface area contributed by atoms with Crippen molar-refractivity contribution >= 4 is 23.5 Å². The molecule has 1 saturated heterocycles. The second-order valence-corrected chi connectivity index (χ2v) is 10.2. The molecule has 11 nitrogen and oxygen atoms in total. The minimum absolute atomic E-state index is 0.0401. The fraction of sp³-hybridized carbons (Fsp3) is 0.241. The number of tetrazole rings is 1. The molecule has 4 aromatic rings. The van der Waals surface area contributed by atoms with Crippen molar-refractivity contribution in [3.05, 3.63) is 102 Å². The van der Waals surface area contributed by atoms with E-state index in [-0.39, 0.29) is 31.2 Å². The van der Waals surface area contributed by atoms with Gasteiger partial charge < -0.3 is 24.4 Å². The number of thioether (sulfide) groups is 1. The number of rotatable bonds is 10. The maximum atomic E-state index is 12.0. The highest BCUT2D eigenvalue weighted by molar-refractivity contribution is 7.99. The van der Waals surface area contributed by atoms with E-state index in [0.29, 0.717) is 23.0 Å². The number of anilines is 1. The lowest BCUT2D eigenvalue weighted by Crippen LogP contribution is -2.31. The zero-order valence-corrected chi connectivity index (χ0v) is 22.8. The van der Waals surface area contributed by atoms with Crippen LogP contribution in [0.1, 0.15) is 35.5 Å². The highest BCUT2D eigenvalue weighted by Gasteiger charge is 2.33. The van der Waals surface area contributed by atoms with Gasteiger partial charge in [-0.05, 0) is 58.0 Å². The molecule has 41 heavy (non-hydrogen) atoms. The summed E-state index contributed by atoms with van der Waals surface area (Å²) in [5.74, 6) is 0.693. The van der Waals surface area contributed by atoms with Gasteiger partial charge in [0.1, 0.15) is 12.4 Å². The SMILES string of the molecule is C=CCOC(=O)Nc1cccc([C@@H]2O[C@H](CSc3nnnn3-c3ccc(O)cc3)C[C@H](c3ccc(CO)cc3)O2)c1. The maximum Gasteiger partial charge on any atom is 0.411 e. The summed E-state index contributed by atoms with van der Waals surface area (Å²) in [4.78, 5) is 12.0. The Hall–Kier alpha value is -4.23. The van der Waals surface area contributed by atoms with E-state index in [1.165, 1.54) is 17.8 Å². The number of aliphatic hydroxyl groups is 1. The Morgan fingerprint density at radius 1 is 1.12 bits per heavy atom. The molecular formula is C29H29N5O6S. The third-order valence-electron chi connectivity index (χ3n) is 6.29. The minimum atomic E-state index is -0.712. The van der Waals surface area contributed by atoms with E-state index in [0.717, 1.165) is 22.4 Å². The maximum absolute atomic E-state index is 12.0. The van der Waals surface area contributed by atoms with Gasteiger partial charge in [0.15, 0.2) is 6.29 Å². The standard InChI is InChI=1S/C29H29N5O6S/c1-2-14-38-29(37)30-22-5-3-4-21(15-22)27-39-25(16-26(40-27)20-8-6-19(17-35)7-9-20)18-41-28-31-32-33-34(28)23-10-12-24(36)13-11-23/h2-13,15,25-27,35-36H,1,14,16-18H2,(H,30,37)/t25-,26+,27+/m0/s1. The van der Waals surface area contributed by atoms with E-state index in [1.807, 2.05) is 30.3 Å². The van der Waals surface area contributed by atoms with E-state index in [4.69, 9.17) is 14.2 Å². The number of nitrogens with one attached hydrogen (secondary N) is 1. The number of phenolic OH excluding ortho intramolecular Hbond substituents is 1. The number of aromatic hydroxyl groups is 1. The number of amides is 1. The number of hydrogen-bond donors (Lipinski definition) is 3. The zero-order chi connectivity index (χ0) is 28.6. The summed E-state index contributed by atoms with van der Waals surface area (Å²) in [5, 5.41) is 34.4. The van der Waals surface area contributed by atoms with E-state index in [9.17, 15) is 15.0 Å². The molecular weight excluding hydrogens is 546 g/mol. The molecule has 1 aromatic heterocycles.